The summed E-state index contributed by atoms with van der Waals surface area (Å²) in [7, 11) is -2.40. The highest BCUT2D eigenvalue weighted by Gasteiger charge is 2.30. The van der Waals surface area contributed by atoms with E-state index in [1.54, 1.807) is 18.2 Å². The molecule has 1 fully saturated rings. The third-order valence-electron chi connectivity index (χ3n) is 7.26. The first-order valence-electron chi connectivity index (χ1n) is 14.2. The van der Waals surface area contributed by atoms with Gasteiger partial charge in [-0.2, -0.15) is 4.31 Å². The van der Waals surface area contributed by atoms with Crippen LogP contribution < -0.4 is 10.1 Å². The molecular formula is C30H39N3O8S. The van der Waals surface area contributed by atoms with Gasteiger partial charge in [0.15, 0.2) is 5.76 Å². The summed E-state index contributed by atoms with van der Waals surface area (Å²) in [6.07, 6.45) is 3.52. The quantitative estimate of drug-likeness (QED) is 0.297. The van der Waals surface area contributed by atoms with Gasteiger partial charge in [0, 0.05) is 51.5 Å². The molecule has 2 amide bonds. The van der Waals surface area contributed by atoms with E-state index in [1.807, 2.05) is 35.2 Å². The van der Waals surface area contributed by atoms with Crippen molar-refractivity contribution in [3.8, 4) is 5.75 Å². The predicted molar refractivity (Wildman–Crippen MR) is 155 cm³/mol. The largest absolute Gasteiger partial charge is 0.497 e. The number of benzene rings is 2. The Bertz CT molecular complexity index is 1320. The van der Waals surface area contributed by atoms with E-state index in [9.17, 15) is 23.1 Å². The number of nitrogens with one attached hydrogen (secondary N) is 1. The number of carbonyl (C=O) groups is 2. The third-order valence-corrected chi connectivity index (χ3v) is 9.17. The van der Waals surface area contributed by atoms with Crippen LogP contribution in [0.3, 0.4) is 0 Å². The number of methoxy groups -OCH3 is 1. The van der Waals surface area contributed by atoms with Gasteiger partial charge in [-0.25, -0.2) is 8.42 Å². The molecule has 2 aromatic carbocycles. The minimum Gasteiger partial charge on any atom is -0.497 e. The predicted octanol–water partition coefficient (Wildman–Crippen LogP) is 2.24. The Kier molecular flexibility index (Phi) is 11.4. The molecule has 0 radical (unpaired) electrons. The molecule has 42 heavy (non-hydrogen) atoms. The SMILES string of the molecule is COc1ccc(S(=O)(=O)N(CCO)CCOC2CC(c3ccccc3)C=C(C(=O)NCCCN3CCCC3=O)O2)cc1. The van der Waals surface area contributed by atoms with Crippen LogP contribution in [0, 0.1) is 0 Å². The van der Waals surface area contributed by atoms with Gasteiger partial charge < -0.3 is 29.5 Å². The summed E-state index contributed by atoms with van der Waals surface area (Å²) < 4.78 is 44.6. The van der Waals surface area contributed by atoms with E-state index in [-0.39, 0.29) is 54.7 Å². The van der Waals surface area contributed by atoms with Crippen LogP contribution in [0.2, 0.25) is 0 Å². The third kappa shape index (κ3) is 8.31. The lowest BCUT2D eigenvalue weighted by Crippen LogP contribution is -2.38. The van der Waals surface area contributed by atoms with E-state index in [4.69, 9.17) is 14.2 Å². The van der Waals surface area contributed by atoms with Gasteiger partial charge in [0.25, 0.3) is 5.91 Å². The number of aliphatic hydroxyl groups excluding tert-OH is 1. The minimum atomic E-state index is -3.89. The van der Waals surface area contributed by atoms with Crippen molar-refractivity contribution in [3.63, 3.8) is 0 Å². The normalized spacial score (nSPS) is 19.0. The molecule has 0 aliphatic carbocycles. The molecule has 0 bridgehead atoms. The number of hydrogen-bond acceptors (Lipinski definition) is 8. The maximum Gasteiger partial charge on any atom is 0.286 e. The van der Waals surface area contributed by atoms with Crippen LogP contribution in [0.25, 0.3) is 0 Å². The fourth-order valence-corrected chi connectivity index (χ4v) is 6.41. The first-order chi connectivity index (χ1) is 20.3. The monoisotopic (exact) mass is 601 g/mol. The number of aliphatic hydroxyl groups is 1. The number of allylic oxidation sites excluding steroid dienone is 1. The average molecular weight is 602 g/mol. The molecule has 0 spiro atoms. The number of hydrogen-bond donors (Lipinski definition) is 2. The molecule has 0 saturated carbocycles. The van der Waals surface area contributed by atoms with Crippen molar-refractivity contribution >= 4 is 21.8 Å². The van der Waals surface area contributed by atoms with Gasteiger partial charge in [0.05, 0.1) is 25.2 Å². The second kappa shape index (κ2) is 15.1. The number of carbonyl (C=O) groups excluding carboxylic acids is 2. The molecule has 4 rings (SSSR count). The summed E-state index contributed by atoms with van der Waals surface area (Å²) >= 11 is 0. The van der Waals surface area contributed by atoms with Gasteiger partial charge in [-0.15, -0.1) is 0 Å². The zero-order chi connectivity index (χ0) is 30.0. The van der Waals surface area contributed by atoms with E-state index in [2.05, 4.69) is 5.32 Å². The van der Waals surface area contributed by atoms with Crippen molar-refractivity contribution < 1.29 is 37.3 Å². The van der Waals surface area contributed by atoms with Gasteiger partial charge >= 0.3 is 0 Å². The van der Waals surface area contributed by atoms with Gasteiger partial charge in [-0.05, 0) is 48.7 Å². The molecule has 11 nitrogen and oxygen atoms in total. The van der Waals surface area contributed by atoms with Crippen LogP contribution in [-0.4, -0.2) is 93.9 Å². The van der Waals surface area contributed by atoms with Gasteiger partial charge in [0.2, 0.25) is 22.2 Å². The summed E-state index contributed by atoms with van der Waals surface area (Å²) in [5, 5.41) is 12.4. The highest BCUT2D eigenvalue weighted by molar-refractivity contribution is 7.89. The van der Waals surface area contributed by atoms with Gasteiger partial charge in [-0.1, -0.05) is 30.3 Å². The standard InChI is InChI=1S/C30H39N3O8S/c1-39-25-10-12-26(13-11-25)42(37,38)33(17-19-34)18-20-40-29-22-24(23-7-3-2-4-8-23)21-27(41-29)30(36)31-14-6-16-32-15-5-9-28(32)35/h2-4,7-8,10-13,21,24,29,34H,5-6,9,14-20,22H2,1H3,(H,31,36). The van der Waals surface area contributed by atoms with Crippen LogP contribution >= 0.6 is 0 Å². The van der Waals surface area contributed by atoms with Crippen molar-refractivity contribution in [1.82, 2.24) is 14.5 Å². The Morgan fingerprint density at radius 1 is 1.14 bits per heavy atom. The van der Waals surface area contributed by atoms with Crippen LogP contribution in [0.15, 0.2) is 71.3 Å². The lowest BCUT2D eigenvalue weighted by Gasteiger charge is -2.30. The summed E-state index contributed by atoms with van der Waals surface area (Å²) in [6.45, 7) is 1.25. The van der Waals surface area contributed by atoms with Crippen molar-refractivity contribution in [2.75, 3.05) is 53.0 Å². The first-order valence-corrected chi connectivity index (χ1v) is 15.6. The van der Waals surface area contributed by atoms with Crippen LogP contribution in [0.4, 0.5) is 0 Å². The molecule has 12 heteroatoms. The number of rotatable bonds is 15. The van der Waals surface area contributed by atoms with Crippen molar-refractivity contribution in [1.29, 1.82) is 0 Å². The van der Waals surface area contributed by atoms with Crippen molar-refractivity contribution in [2.24, 2.45) is 0 Å². The Morgan fingerprint density at radius 3 is 2.57 bits per heavy atom. The van der Waals surface area contributed by atoms with Crippen molar-refractivity contribution in [3.05, 3.63) is 72.0 Å². The van der Waals surface area contributed by atoms with Crippen molar-refractivity contribution in [2.45, 2.75) is 42.8 Å². The van der Waals surface area contributed by atoms with E-state index in [1.165, 1.54) is 19.2 Å². The van der Waals surface area contributed by atoms with E-state index in [0.717, 1.165) is 22.8 Å². The molecule has 2 atom stereocenters. The molecule has 2 aliphatic heterocycles. The fourth-order valence-electron chi connectivity index (χ4n) is 5.00. The number of sulfonamides is 1. The second-order valence-corrected chi connectivity index (χ2v) is 12.0. The number of nitrogens with zero attached hydrogens (tertiary/aromatic N) is 2. The number of amides is 2. The molecule has 0 aromatic heterocycles. The minimum absolute atomic E-state index is 0.0136. The van der Waals surface area contributed by atoms with E-state index in [0.29, 0.717) is 38.1 Å². The Balaban J connectivity index is 1.37. The summed E-state index contributed by atoms with van der Waals surface area (Å²) in [4.78, 5) is 26.7. The summed E-state index contributed by atoms with van der Waals surface area (Å²) in [6, 6.07) is 15.7. The highest BCUT2D eigenvalue weighted by Crippen LogP contribution is 2.31. The topological polar surface area (TPSA) is 135 Å². The summed E-state index contributed by atoms with van der Waals surface area (Å²) in [5.74, 6) is 0.295. The molecule has 2 unspecified atom stereocenters. The lowest BCUT2D eigenvalue weighted by molar-refractivity contribution is -0.146. The molecule has 2 aliphatic rings. The summed E-state index contributed by atoms with van der Waals surface area (Å²) in [5.41, 5.74) is 0.997. The number of likely N-dealkylation sites (tertiary alicyclic amines) is 1. The van der Waals surface area contributed by atoms with Gasteiger partial charge in [0.1, 0.15) is 5.75 Å². The zero-order valence-corrected chi connectivity index (χ0v) is 24.6. The molecule has 2 heterocycles. The van der Waals surface area contributed by atoms with Crippen LogP contribution in [0.1, 0.15) is 37.2 Å². The molecular weight excluding hydrogens is 562 g/mol. The maximum absolute atomic E-state index is 13.2. The second-order valence-electron chi connectivity index (χ2n) is 10.1. The molecule has 2 N–H and O–H groups in total. The maximum atomic E-state index is 13.2. The van der Waals surface area contributed by atoms with E-state index >= 15 is 0 Å². The Hall–Kier alpha value is -3.45. The fraction of sp³-hybridized carbons (Fsp3) is 0.467. The zero-order valence-electron chi connectivity index (χ0n) is 23.8. The van der Waals surface area contributed by atoms with E-state index < -0.39 is 16.3 Å². The first kappa shape index (κ1) is 31.5. The molecule has 2 aromatic rings. The van der Waals surface area contributed by atoms with Crippen LogP contribution in [-0.2, 0) is 29.1 Å². The molecule has 1 saturated heterocycles. The Morgan fingerprint density at radius 2 is 1.90 bits per heavy atom. The molecule has 228 valence electrons. The lowest BCUT2D eigenvalue weighted by atomic mass is 9.93. The highest BCUT2D eigenvalue weighted by atomic mass is 32.2. The smallest absolute Gasteiger partial charge is 0.286 e. The number of ether oxygens (including phenoxy) is 3. The van der Waals surface area contributed by atoms with Crippen LogP contribution in [0.5, 0.6) is 5.75 Å². The Labute approximate surface area is 247 Å². The van der Waals surface area contributed by atoms with Gasteiger partial charge in [-0.3, -0.25) is 9.59 Å². The average Bonchev–Trinajstić information content (AvgIpc) is 3.43.